The third-order valence-electron chi connectivity index (χ3n) is 5.05. The predicted octanol–water partition coefficient (Wildman–Crippen LogP) is 3.53. The van der Waals surface area contributed by atoms with Gasteiger partial charge in [-0.2, -0.15) is 0 Å². The van der Waals surface area contributed by atoms with Gasteiger partial charge in [0, 0.05) is 36.1 Å². The second-order valence-corrected chi connectivity index (χ2v) is 6.93. The highest BCUT2D eigenvalue weighted by molar-refractivity contribution is 5.95. The van der Waals surface area contributed by atoms with Crippen molar-refractivity contribution in [1.82, 2.24) is 15.6 Å². The fraction of sp³-hybridized carbons (Fsp3) is 0.273. The van der Waals surface area contributed by atoms with Crippen LogP contribution >= 0.6 is 0 Å². The van der Waals surface area contributed by atoms with E-state index in [1.165, 1.54) is 11.1 Å². The summed E-state index contributed by atoms with van der Waals surface area (Å²) >= 11 is 0. The van der Waals surface area contributed by atoms with Gasteiger partial charge in [-0.15, -0.1) is 0 Å². The highest BCUT2D eigenvalue weighted by Gasteiger charge is 2.17. The number of fused-ring (bicyclic) bond motifs is 1. The number of aromatic nitrogens is 1. The third-order valence-corrected chi connectivity index (χ3v) is 5.05. The summed E-state index contributed by atoms with van der Waals surface area (Å²) in [6.07, 6.45) is 2.91. The summed E-state index contributed by atoms with van der Waals surface area (Å²) in [5, 5.41) is 6.43. The van der Waals surface area contributed by atoms with Crippen LogP contribution < -0.4 is 10.6 Å². The lowest BCUT2D eigenvalue weighted by Crippen LogP contribution is -2.28. The number of amides is 1. The Balaban J connectivity index is 1.52. The van der Waals surface area contributed by atoms with Gasteiger partial charge in [-0.25, -0.2) is 0 Å². The van der Waals surface area contributed by atoms with Gasteiger partial charge >= 0.3 is 0 Å². The molecule has 0 unspecified atom stereocenters. The molecule has 4 rings (SSSR count). The fourth-order valence-electron chi connectivity index (χ4n) is 3.55. The zero-order valence-corrected chi connectivity index (χ0v) is 15.6. The number of nitrogens with zero attached hydrogens (tertiary/aromatic N) is 1. The minimum absolute atomic E-state index is 0.0916. The number of carbonyl (C=O) groups is 1. The molecule has 1 aromatic carbocycles. The molecule has 27 heavy (non-hydrogen) atoms. The van der Waals surface area contributed by atoms with E-state index < -0.39 is 0 Å². The summed E-state index contributed by atoms with van der Waals surface area (Å²) in [5.41, 5.74) is 6.19. The van der Waals surface area contributed by atoms with Gasteiger partial charge in [-0.05, 0) is 67.8 Å². The van der Waals surface area contributed by atoms with E-state index in [2.05, 4.69) is 15.6 Å². The van der Waals surface area contributed by atoms with Crippen LogP contribution in [0.15, 0.2) is 47.0 Å². The topological polar surface area (TPSA) is 67.2 Å². The molecule has 1 aliphatic heterocycles. The predicted molar refractivity (Wildman–Crippen MR) is 104 cm³/mol. The van der Waals surface area contributed by atoms with Crippen molar-refractivity contribution in [3.63, 3.8) is 0 Å². The van der Waals surface area contributed by atoms with E-state index in [4.69, 9.17) is 4.42 Å². The van der Waals surface area contributed by atoms with E-state index in [9.17, 15) is 4.79 Å². The average molecular weight is 361 g/mol. The van der Waals surface area contributed by atoms with Crippen LogP contribution in [0.1, 0.15) is 38.5 Å². The summed E-state index contributed by atoms with van der Waals surface area (Å²) < 4.78 is 5.67. The number of nitrogens with one attached hydrogen (secondary N) is 2. The van der Waals surface area contributed by atoms with Gasteiger partial charge < -0.3 is 15.1 Å². The maximum Gasteiger partial charge on any atom is 0.251 e. The van der Waals surface area contributed by atoms with Gasteiger partial charge in [0.25, 0.3) is 5.91 Å². The van der Waals surface area contributed by atoms with Crippen molar-refractivity contribution in [2.75, 3.05) is 6.54 Å². The van der Waals surface area contributed by atoms with Crippen LogP contribution in [0.5, 0.6) is 0 Å². The Morgan fingerprint density at radius 2 is 2.15 bits per heavy atom. The first-order chi connectivity index (χ1) is 13.1. The molecule has 1 amide bonds. The zero-order chi connectivity index (χ0) is 18.8. The van der Waals surface area contributed by atoms with Crippen LogP contribution in [0.3, 0.4) is 0 Å². The van der Waals surface area contributed by atoms with Crippen LogP contribution in [0.2, 0.25) is 0 Å². The monoisotopic (exact) mass is 361 g/mol. The number of rotatable bonds is 4. The molecule has 5 nitrogen and oxygen atoms in total. The van der Waals surface area contributed by atoms with Gasteiger partial charge in [-0.3, -0.25) is 9.78 Å². The average Bonchev–Trinajstić information content (AvgIpc) is 3.13. The Bertz CT molecular complexity index is 991. The summed E-state index contributed by atoms with van der Waals surface area (Å²) in [6.45, 7) is 6.21. The molecular weight excluding hydrogens is 338 g/mol. The molecule has 138 valence electrons. The molecule has 0 bridgehead atoms. The van der Waals surface area contributed by atoms with E-state index >= 15 is 0 Å². The van der Waals surface area contributed by atoms with Gasteiger partial charge in [0.15, 0.2) is 0 Å². The van der Waals surface area contributed by atoms with Crippen molar-refractivity contribution in [3.05, 3.63) is 76.3 Å². The lowest BCUT2D eigenvalue weighted by atomic mass is 9.96. The first-order valence-electron chi connectivity index (χ1n) is 9.24. The molecule has 1 aliphatic rings. The molecule has 0 atom stereocenters. The fourth-order valence-corrected chi connectivity index (χ4v) is 3.55. The minimum Gasteiger partial charge on any atom is -0.461 e. The van der Waals surface area contributed by atoms with Crippen LogP contribution in [0.25, 0.3) is 11.3 Å². The second kappa shape index (κ2) is 7.37. The van der Waals surface area contributed by atoms with Gasteiger partial charge in [0.2, 0.25) is 0 Å². The smallest absolute Gasteiger partial charge is 0.251 e. The Morgan fingerprint density at radius 1 is 1.26 bits per heavy atom. The van der Waals surface area contributed by atoms with Gasteiger partial charge in [0.05, 0.1) is 0 Å². The molecule has 2 aromatic heterocycles. The van der Waals surface area contributed by atoms with Crippen molar-refractivity contribution in [1.29, 1.82) is 0 Å². The summed E-state index contributed by atoms with van der Waals surface area (Å²) in [6, 6.07) is 11.4. The number of aryl methyl sites for hydroxylation is 2. The van der Waals surface area contributed by atoms with Crippen molar-refractivity contribution < 1.29 is 9.21 Å². The summed E-state index contributed by atoms with van der Waals surface area (Å²) in [4.78, 5) is 17.2. The van der Waals surface area contributed by atoms with Crippen molar-refractivity contribution in [3.8, 4) is 11.3 Å². The lowest BCUT2D eigenvalue weighted by molar-refractivity contribution is 0.0951. The Kier molecular flexibility index (Phi) is 4.77. The summed E-state index contributed by atoms with van der Waals surface area (Å²) in [7, 11) is 0. The van der Waals surface area contributed by atoms with E-state index in [0.717, 1.165) is 47.9 Å². The van der Waals surface area contributed by atoms with Crippen molar-refractivity contribution in [2.45, 2.75) is 33.4 Å². The zero-order valence-electron chi connectivity index (χ0n) is 15.6. The van der Waals surface area contributed by atoms with E-state index in [0.29, 0.717) is 12.1 Å². The molecule has 0 radical (unpaired) electrons. The first-order valence-corrected chi connectivity index (χ1v) is 9.24. The van der Waals surface area contributed by atoms with Crippen molar-refractivity contribution >= 4 is 5.91 Å². The standard InChI is InChI=1S/C22H23N3O2/c1-14-6-7-21(27-14)16-4-3-5-17(10-16)22(26)25-13-20-15(2)24-12-18-11-23-9-8-19(18)20/h3-7,10,12,23H,8-9,11,13H2,1-2H3,(H,25,26). The normalized spacial score (nSPS) is 13.3. The molecule has 0 saturated heterocycles. The second-order valence-electron chi connectivity index (χ2n) is 6.93. The van der Waals surface area contributed by atoms with Crippen LogP contribution in [-0.4, -0.2) is 17.4 Å². The number of hydrogen-bond acceptors (Lipinski definition) is 4. The van der Waals surface area contributed by atoms with Crippen LogP contribution in [-0.2, 0) is 19.5 Å². The molecular formula is C22H23N3O2. The number of furan rings is 1. The number of hydrogen-bond donors (Lipinski definition) is 2. The van der Waals surface area contributed by atoms with E-state index in [-0.39, 0.29) is 5.91 Å². The SMILES string of the molecule is Cc1ccc(-c2cccc(C(=O)NCc3c(C)ncc4c3CCNC4)c2)o1. The van der Waals surface area contributed by atoms with Crippen LogP contribution in [0, 0.1) is 13.8 Å². The Labute approximate surface area is 158 Å². The molecule has 3 aromatic rings. The quantitative estimate of drug-likeness (QED) is 0.746. The molecule has 3 heterocycles. The first kappa shape index (κ1) is 17.5. The number of benzene rings is 1. The molecule has 5 heteroatoms. The van der Waals surface area contributed by atoms with Gasteiger partial charge in [0.1, 0.15) is 11.5 Å². The Morgan fingerprint density at radius 3 is 2.96 bits per heavy atom. The minimum atomic E-state index is -0.0916. The molecule has 0 spiro atoms. The van der Waals surface area contributed by atoms with Crippen molar-refractivity contribution in [2.24, 2.45) is 0 Å². The molecule has 0 saturated carbocycles. The third kappa shape index (κ3) is 3.64. The highest BCUT2D eigenvalue weighted by atomic mass is 16.3. The molecule has 0 fully saturated rings. The van der Waals surface area contributed by atoms with E-state index in [1.807, 2.05) is 56.4 Å². The van der Waals surface area contributed by atoms with Gasteiger partial charge in [-0.1, -0.05) is 12.1 Å². The summed E-state index contributed by atoms with van der Waals surface area (Å²) in [5.74, 6) is 1.53. The van der Waals surface area contributed by atoms with E-state index in [1.54, 1.807) is 0 Å². The molecule has 0 aliphatic carbocycles. The lowest BCUT2D eigenvalue weighted by Gasteiger charge is -2.21. The number of pyridine rings is 1. The maximum atomic E-state index is 12.7. The molecule has 2 N–H and O–H groups in total. The number of carbonyl (C=O) groups excluding carboxylic acids is 1. The van der Waals surface area contributed by atoms with Crippen LogP contribution in [0.4, 0.5) is 0 Å². The maximum absolute atomic E-state index is 12.7. The Hall–Kier alpha value is -2.92. The highest BCUT2D eigenvalue weighted by Crippen LogP contribution is 2.23. The largest absolute Gasteiger partial charge is 0.461 e.